The first-order valence-corrected chi connectivity index (χ1v) is 3.64. The van der Waals surface area contributed by atoms with Crippen LogP contribution in [0.25, 0.3) is 0 Å². The zero-order valence-electron chi connectivity index (χ0n) is 7.68. The first kappa shape index (κ1) is 16.9. The molecule has 0 fully saturated rings. The molecule has 0 atom stereocenters. The van der Waals surface area contributed by atoms with E-state index >= 15 is 0 Å². The van der Waals surface area contributed by atoms with E-state index in [1.165, 1.54) is 15.9 Å². The van der Waals surface area contributed by atoms with Gasteiger partial charge >= 0.3 is 25.2 Å². The molecule has 11 heavy (non-hydrogen) atoms. The van der Waals surface area contributed by atoms with Crippen molar-refractivity contribution in [2.24, 2.45) is 0 Å². The van der Waals surface area contributed by atoms with Crippen LogP contribution in [0.1, 0.15) is 27.7 Å². The minimum atomic E-state index is 1.17. The van der Waals surface area contributed by atoms with E-state index in [2.05, 4.69) is 28.7 Å². The van der Waals surface area contributed by atoms with Gasteiger partial charge in [-0.1, -0.05) is 11.1 Å². The van der Waals surface area contributed by atoms with Crippen LogP contribution in [0.15, 0.2) is 24.3 Å². The van der Waals surface area contributed by atoms with Gasteiger partial charge in [-0.2, -0.15) is 0 Å². The van der Waals surface area contributed by atoms with Crippen LogP contribution in [0.4, 0.5) is 0 Å². The number of allylic oxidation sites excluding steroid dienone is 2. The molecule has 0 radical (unpaired) electrons. The summed E-state index contributed by atoms with van der Waals surface area (Å²) in [6.07, 6.45) is 0. The van der Waals surface area contributed by atoms with Crippen molar-refractivity contribution in [1.29, 1.82) is 0 Å². The predicted octanol–water partition coefficient (Wildman–Crippen LogP) is 2.77. The predicted molar refractivity (Wildman–Crippen MR) is 46.7 cm³/mol. The molecule has 1 nitrogen and oxygen atoms in total. The molecule has 66 valence electrons. The Balaban J connectivity index is -0.0000000886. The van der Waals surface area contributed by atoms with Gasteiger partial charge in [-0.25, -0.2) is 0 Å². The van der Waals surface area contributed by atoms with Crippen LogP contribution in [0.5, 0.6) is 0 Å². The van der Waals surface area contributed by atoms with Crippen molar-refractivity contribution in [2.45, 2.75) is 27.7 Å². The maximum atomic E-state index is 8.57. The normalized spacial score (nSPS) is 5.55. The van der Waals surface area contributed by atoms with E-state index in [1.54, 1.807) is 0 Å². The standard InChI is InChI=1S/2C4H8.CO.Fe/c2*1-4(2)3;1-2;/h2*1H2,2-3H3;;. The second kappa shape index (κ2) is 16.3. The first-order valence-electron chi connectivity index (χ1n) is 3.09. The molecule has 0 aliphatic heterocycles. The summed E-state index contributed by atoms with van der Waals surface area (Å²) >= 11 is 2.68. The summed E-state index contributed by atoms with van der Waals surface area (Å²) in [4.78, 5) is 9.82. The molecule has 2 heteroatoms. The number of carbonyl (C=O) groups excluding carboxylic acids is 1. The van der Waals surface area contributed by atoms with Crippen LogP contribution < -0.4 is 0 Å². The van der Waals surface area contributed by atoms with Gasteiger partial charge in [-0.3, -0.25) is 0 Å². The Morgan fingerprint density at radius 2 is 1.09 bits per heavy atom. The Morgan fingerprint density at radius 1 is 1.09 bits per heavy atom. The van der Waals surface area contributed by atoms with Crippen molar-refractivity contribution in [3.05, 3.63) is 24.3 Å². The number of hydrogen-bond donors (Lipinski definition) is 0. The van der Waals surface area contributed by atoms with Crippen LogP contribution in [-0.4, -0.2) is 4.79 Å². The second-order valence-electron chi connectivity index (χ2n) is 2.49. The summed E-state index contributed by atoms with van der Waals surface area (Å²) in [7, 11) is 0. The summed E-state index contributed by atoms with van der Waals surface area (Å²) in [5.41, 5.74) is 2.33. The molecule has 0 heterocycles. The SMILES string of the molecule is C=C(C)C.C=C(C)C.O=[C]=[Fe]. The van der Waals surface area contributed by atoms with Gasteiger partial charge in [0.2, 0.25) is 0 Å². The third-order valence-electron chi connectivity index (χ3n) is 0. The Bertz CT molecular complexity index is 122. The van der Waals surface area contributed by atoms with Gasteiger partial charge in [0.1, 0.15) is 0 Å². The zero-order valence-corrected chi connectivity index (χ0v) is 8.78. The monoisotopic (exact) mass is 196 g/mol. The first-order chi connectivity index (χ1) is 4.88. The fourth-order valence-corrected chi connectivity index (χ4v) is 0. The average molecular weight is 196 g/mol. The van der Waals surface area contributed by atoms with Crippen LogP contribution in [0.3, 0.4) is 0 Å². The van der Waals surface area contributed by atoms with E-state index in [0.29, 0.717) is 0 Å². The van der Waals surface area contributed by atoms with E-state index < -0.39 is 0 Å². The fourth-order valence-electron chi connectivity index (χ4n) is 0. The third-order valence-corrected chi connectivity index (χ3v) is 0. The molecular weight excluding hydrogens is 180 g/mol. The Labute approximate surface area is 77.6 Å². The van der Waals surface area contributed by atoms with Gasteiger partial charge < -0.3 is 0 Å². The molecule has 0 unspecified atom stereocenters. The van der Waals surface area contributed by atoms with Crippen molar-refractivity contribution in [3.8, 4) is 0 Å². The Hall–Kier alpha value is -0.421. The van der Waals surface area contributed by atoms with E-state index in [0.717, 1.165) is 0 Å². The van der Waals surface area contributed by atoms with Crippen LogP contribution in [0.2, 0.25) is 0 Å². The molecule has 0 aromatic heterocycles. The summed E-state index contributed by atoms with van der Waals surface area (Å²) in [6, 6.07) is 0. The molecule has 0 aromatic carbocycles. The molecule has 0 N–H and O–H groups in total. The number of rotatable bonds is 0. The third kappa shape index (κ3) is 3110. The van der Waals surface area contributed by atoms with E-state index in [1.807, 2.05) is 27.7 Å². The van der Waals surface area contributed by atoms with Gasteiger partial charge in [-0.15, -0.1) is 13.2 Å². The van der Waals surface area contributed by atoms with Crippen LogP contribution in [0, 0.1) is 0 Å². The molecule has 0 rings (SSSR count). The average Bonchev–Trinajstić information content (AvgIpc) is 1.60. The zero-order chi connectivity index (χ0) is 9.86. The van der Waals surface area contributed by atoms with Crippen molar-refractivity contribution in [3.63, 3.8) is 0 Å². The van der Waals surface area contributed by atoms with Crippen molar-refractivity contribution < 1.29 is 20.4 Å². The summed E-state index contributed by atoms with van der Waals surface area (Å²) in [6.45, 7) is 15.0. The van der Waals surface area contributed by atoms with Gasteiger partial charge in [0.25, 0.3) is 0 Å². The van der Waals surface area contributed by atoms with Crippen molar-refractivity contribution >= 4 is 4.79 Å². The Morgan fingerprint density at radius 3 is 1.09 bits per heavy atom. The van der Waals surface area contributed by atoms with E-state index in [9.17, 15) is 0 Å². The molecule has 0 spiro atoms. The quantitative estimate of drug-likeness (QED) is 0.430. The van der Waals surface area contributed by atoms with E-state index in [4.69, 9.17) is 4.79 Å². The second-order valence-corrected chi connectivity index (χ2v) is 2.71. The van der Waals surface area contributed by atoms with Crippen LogP contribution >= 0.6 is 0 Å². The minimum absolute atomic E-state index is 1.17. The molecule has 0 aliphatic rings. The van der Waals surface area contributed by atoms with Gasteiger partial charge in [0.15, 0.2) is 0 Å². The molecule has 0 aromatic rings. The fraction of sp³-hybridized carbons (Fsp3) is 0.444. The molecule has 0 aliphatic carbocycles. The van der Waals surface area contributed by atoms with E-state index in [-0.39, 0.29) is 0 Å². The molecule has 0 bridgehead atoms. The van der Waals surface area contributed by atoms with Gasteiger partial charge in [0, 0.05) is 0 Å². The van der Waals surface area contributed by atoms with Gasteiger partial charge in [0.05, 0.1) is 0 Å². The summed E-state index contributed by atoms with van der Waals surface area (Å²) in [5.74, 6) is 0. The molecule has 0 amide bonds. The van der Waals surface area contributed by atoms with Gasteiger partial charge in [-0.05, 0) is 27.7 Å². The molecular formula is C9H16FeO. The molecule has 0 saturated carbocycles. The number of hydrogen-bond acceptors (Lipinski definition) is 1. The summed E-state index contributed by atoms with van der Waals surface area (Å²) in [5, 5.41) is 0. The maximum absolute atomic E-state index is 8.57. The summed E-state index contributed by atoms with van der Waals surface area (Å²) < 4.78 is 0. The molecule has 0 saturated heterocycles. The van der Waals surface area contributed by atoms with Crippen LogP contribution in [-0.2, 0) is 20.4 Å². The van der Waals surface area contributed by atoms with Crippen molar-refractivity contribution in [1.82, 2.24) is 0 Å². The van der Waals surface area contributed by atoms with Crippen molar-refractivity contribution in [2.75, 3.05) is 0 Å². The Kier molecular flexibility index (Phi) is 25.0. The topological polar surface area (TPSA) is 17.1 Å².